The first-order valence-corrected chi connectivity index (χ1v) is 2.66. The van der Waals surface area contributed by atoms with Crippen molar-refractivity contribution in [1.82, 2.24) is 0 Å². The summed E-state index contributed by atoms with van der Waals surface area (Å²) in [7, 11) is 1.35. The molecule has 0 aliphatic carbocycles. The molecule has 58 valence electrons. The summed E-state index contributed by atoms with van der Waals surface area (Å²) in [6.07, 6.45) is 0.521. The number of methoxy groups -OCH3 is 1. The van der Waals surface area contributed by atoms with Crippen LogP contribution in [-0.2, 0) is 9.53 Å². The van der Waals surface area contributed by atoms with Crippen molar-refractivity contribution in [3.8, 4) is 0 Å². The van der Waals surface area contributed by atoms with E-state index < -0.39 is 5.72 Å². The number of nitrogens with two attached hydrogens (primary N) is 2. The molecule has 0 amide bonds. The van der Waals surface area contributed by atoms with Gasteiger partial charge in [0.1, 0.15) is 0 Å². The second-order valence-electron chi connectivity index (χ2n) is 1.91. The highest BCUT2D eigenvalue weighted by molar-refractivity contribution is 5.78. The first kappa shape index (κ1) is 8.90. The fraction of sp³-hybridized carbons (Fsp3) is 0.600. The fourth-order valence-electron chi connectivity index (χ4n) is 0.376. The van der Waals surface area contributed by atoms with Crippen LogP contribution in [0.1, 0.15) is 6.92 Å². The van der Waals surface area contributed by atoms with Gasteiger partial charge >= 0.3 is 0 Å². The van der Waals surface area contributed by atoms with Crippen molar-refractivity contribution in [3.63, 3.8) is 0 Å². The number of aldehydes is 1. The first-order chi connectivity index (χ1) is 4.54. The number of aliphatic imine (C=N–C) groups is 1. The van der Waals surface area contributed by atoms with Gasteiger partial charge in [0, 0.05) is 7.11 Å². The standard InChI is InChI=1S/C5H11N3O2/c1-5(3-9,10-2)8-4(6)7/h3H,1-2H3,(H4,6,7,8). The van der Waals surface area contributed by atoms with E-state index in [1.807, 2.05) is 0 Å². The van der Waals surface area contributed by atoms with Crippen LogP contribution in [0.15, 0.2) is 4.99 Å². The SMILES string of the molecule is COC(C)(C=O)N=C(N)N. The molecule has 0 aromatic carbocycles. The Morgan fingerprint density at radius 1 is 1.70 bits per heavy atom. The lowest BCUT2D eigenvalue weighted by atomic mass is 10.3. The third-order valence-corrected chi connectivity index (χ3v) is 0.983. The molecule has 10 heavy (non-hydrogen) atoms. The molecule has 1 unspecified atom stereocenters. The number of rotatable bonds is 3. The average Bonchev–Trinajstić information content (AvgIpc) is 1.87. The molecule has 0 bridgehead atoms. The van der Waals surface area contributed by atoms with Gasteiger partial charge in [0.2, 0.25) is 5.72 Å². The maximum absolute atomic E-state index is 10.3. The minimum atomic E-state index is -1.24. The third-order valence-electron chi connectivity index (χ3n) is 0.983. The maximum atomic E-state index is 10.3. The summed E-state index contributed by atoms with van der Waals surface area (Å²) >= 11 is 0. The second kappa shape index (κ2) is 3.17. The smallest absolute Gasteiger partial charge is 0.215 e. The zero-order valence-corrected chi connectivity index (χ0v) is 6.00. The Kier molecular flexibility index (Phi) is 2.82. The van der Waals surface area contributed by atoms with Crippen molar-refractivity contribution < 1.29 is 9.53 Å². The highest BCUT2D eigenvalue weighted by Gasteiger charge is 2.20. The second-order valence-corrected chi connectivity index (χ2v) is 1.91. The van der Waals surface area contributed by atoms with Crippen LogP contribution < -0.4 is 11.5 Å². The largest absolute Gasteiger partial charge is 0.370 e. The molecule has 0 saturated carbocycles. The summed E-state index contributed by atoms with van der Waals surface area (Å²) in [5, 5.41) is 0. The topological polar surface area (TPSA) is 90.7 Å². The number of carbonyl (C=O) groups is 1. The monoisotopic (exact) mass is 145 g/mol. The number of hydrogen-bond acceptors (Lipinski definition) is 3. The molecule has 0 aliphatic heterocycles. The van der Waals surface area contributed by atoms with Crippen LogP contribution in [0, 0.1) is 0 Å². The van der Waals surface area contributed by atoms with Crippen LogP contribution in [0.2, 0.25) is 0 Å². The lowest BCUT2D eigenvalue weighted by Crippen LogP contribution is -2.34. The highest BCUT2D eigenvalue weighted by atomic mass is 16.5. The molecule has 4 N–H and O–H groups in total. The summed E-state index contributed by atoms with van der Waals surface area (Å²) in [5.41, 5.74) is 8.80. The molecule has 0 aliphatic rings. The third kappa shape index (κ3) is 2.45. The van der Waals surface area contributed by atoms with Gasteiger partial charge < -0.3 is 16.2 Å². The Labute approximate surface area is 59.0 Å². The first-order valence-electron chi connectivity index (χ1n) is 2.66. The van der Waals surface area contributed by atoms with Crippen molar-refractivity contribution in [2.45, 2.75) is 12.6 Å². The minimum absolute atomic E-state index is 0.170. The Bertz CT molecular complexity index is 153. The van der Waals surface area contributed by atoms with Crippen LogP contribution in [0.4, 0.5) is 0 Å². The van der Waals surface area contributed by atoms with Gasteiger partial charge in [0.15, 0.2) is 12.2 Å². The van der Waals surface area contributed by atoms with E-state index in [0.717, 1.165) is 0 Å². The zero-order valence-electron chi connectivity index (χ0n) is 6.00. The normalized spacial score (nSPS) is 15.4. The maximum Gasteiger partial charge on any atom is 0.215 e. The molecule has 0 saturated heterocycles. The molecule has 0 heterocycles. The fourth-order valence-corrected chi connectivity index (χ4v) is 0.376. The molecule has 0 radical (unpaired) electrons. The van der Waals surface area contributed by atoms with Crippen molar-refractivity contribution in [2.75, 3.05) is 7.11 Å². The van der Waals surface area contributed by atoms with Crippen molar-refractivity contribution >= 4 is 12.2 Å². The molecular formula is C5H11N3O2. The van der Waals surface area contributed by atoms with E-state index in [0.29, 0.717) is 6.29 Å². The van der Waals surface area contributed by atoms with E-state index in [1.54, 1.807) is 0 Å². The highest BCUT2D eigenvalue weighted by Crippen LogP contribution is 2.05. The quantitative estimate of drug-likeness (QED) is 0.297. The van der Waals surface area contributed by atoms with Crippen LogP contribution in [0.25, 0.3) is 0 Å². The molecule has 1 atom stereocenters. The van der Waals surface area contributed by atoms with Gasteiger partial charge in [-0.3, -0.25) is 4.79 Å². The van der Waals surface area contributed by atoms with Crippen molar-refractivity contribution in [3.05, 3.63) is 0 Å². The van der Waals surface area contributed by atoms with Crippen LogP contribution in [-0.4, -0.2) is 25.1 Å². The zero-order chi connectivity index (χ0) is 8.20. The molecule has 0 aromatic heterocycles. The number of nitrogens with zero attached hydrogens (tertiary/aromatic N) is 1. The Morgan fingerprint density at radius 3 is 2.30 bits per heavy atom. The molecule has 5 nitrogen and oxygen atoms in total. The summed E-state index contributed by atoms with van der Waals surface area (Å²) in [6, 6.07) is 0. The molecule has 0 fully saturated rings. The Balaban J connectivity index is 4.34. The number of guanidine groups is 1. The summed E-state index contributed by atoms with van der Waals surface area (Å²) in [6.45, 7) is 1.46. The van der Waals surface area contributed by atoms with E-state index in [2.05, 4.69) is 9.73 Å². The van der Waals surface area contributed by atoms with Gasteiger partial charge in [0.05, 0.1) is 0 Å². The Hall–Kier alpha value is -1.10. The molecular weight excluding hydrogens is 134 g/mol. The summed E-state index contributed by atoms with van der Waals surface area (Å²) < 4.78 is 4.68. The van der Waals surface area contributed by atoms with Gasteiger partial charge in [0.25, 0.3) is 0 Å². The Morgan fingerprint density at radius 2 is 2.20 bits per heavy atom. The average molecular weight is 145 g/mol. The van der Waals surface area contributed by atoms with Crippen LogP contribution >= 0.6 is 0 Å². The predicted molar refractivity (Wildman–Crippen MR) is 37.3 cm³/mol. The van der Waals surface area contributed by atoms with Crippen molar-refractivity contribution in [1.29, 1.82) is 0 Å². The van der Waals surface area contributed by atoms with Crippen LogP contribution in [0.5, 0.6) is 0 Å². The lowest BCUT2D eigenvalue weighted by molar-refractivity contribution is -0.124. The summed E-state index contributed by atoms with van der Waals surface area (Å²) in [4.78, 5) is 13.8. The number of ether oxygens (including phenoxy) is 1. The van der Waals surface area contributed by atoms with Gasteiger partial charge in [-0.05, 0) is 6.92 Å². The number of hydrogen-bond donors (Lipinski definition) is 2. The van der Waals surface area contributed by atoms with E-state index in [1.165, 1.54) is 14.0 Å². The molecule has 0 rings (SSSR count). The van der Waals surface area contributed by atoms with Gasteiger partial charge in [-0.1, -0.05) is 0 Å². The van der Waals surface area contributed by atoms with E-state index in [-0.39, 0.29) is 5.96 Å². The van der Waals surface area contributed by atoms with Crippen molar-refractivity contribution in [2.24, 2.45) is 16.5 Å². The van der Waals surface area contributed by atoms with Gasteiger partial charge in [-0.2, -0.15) is 0 Å². The van der Waals surface area contributed by atoms with Gasteiger partial charge in [-0.15, -0.1) is 0 Å². The lowest BCUT2D eigenvalue weighted by Gasteiger charge is -2.14. The minimum Gasteiger partial charge on any atom is -0.370 e. The molecule has 0 spiro atoms. The number of carbonyl (C=O) groups excluding carboxylic acids is 1. The summed E-state index contributed by atoms with van der Waals surface area (Å²) in [5.74, 6) is -0.170. The molecule has 0 aromatic rings. The van der Waals surface area contributed by atoms with E-state index in [4.69, 9.17) is 11.5 Å². The van der Waals surface area contributed by atoms with E-state index in [9.17, 15) is 4.79 Å². The van der Waals surface area contributed by atoms with Crippen LogP contribution in [0.3, 0.4) is 0 Å². The van der Waals surface area contributed by atoms with Gasteiger partial charge in [-0.25, -0.2) is 4.99 Å². The van der Waals surface area contributed by atoms with E-state index >= 15 is 0 Å². The molecule has 5 heteroatoms. The predicted octanol–water partition coefficient (Wildman–Crippen LogP) is -1.18.